The highest BCUT2D eigenvalue weighted by Gasteiger charge is 2.17. The van der Waals surface area contributed by atoms with Crippen molar-refractivity contribution in [1.29, 1.82) is 0 Å². The number of rotatable bonds is 21. The Kier molecular flexibility index (Phi) is 15.8. The summed E-state index contributed by atoms with van der Waals surface area (Å²) < 4.78 is 5.04. The molecule has 0 bridgehead atoms. The summed E-state index contributed by atoms with van der Waals surface area (Å²) in [6, 6.07) is 10.9. The van der Waals surface area contributed by atoms with Crippen LogP contribution in [-0.4, -0.2) is 4.57 Å². The van der Waals surface area contributed by atoms with E-state index >= 15 is 0 Å². The van der Waals surface area contributed by atoms with E-state index in [2.05, 4.69) is 65.7 Å². The lowest BCUT2D eigenvalue weighted by Crippen LogP contribution is -2.37. The molecule has 0 spiro atoms. The summed E-state index contributed by atoms with van der Waals surface area (Å²) >= 11 is 0. The third kappa shape index (κ3) is 12.5. The summed E-state index contributed by atoms with van der Waals surface area (Å²) in [7, 11) is 0. The summed E-state index contributed by atoms with van der Waals surface area (Å²) in [4.78, 5) is 0. The molecule has 0 saturated heterocycles. The lowest BCUT2D eigenvalue weighted by atomic mass is 10.0. The Hall–Kier alpha value is -1.57. The van der Waals surface area contributed by atoms with Gasteiger partial charge in [0.2, 0.25) is 0 Å². The molecule has 2 rings (SSSR count). The minimum Gasteiger partial charge on any atom is -0.234 e. The average molecular weight is 454 g/mol. The fraction of sp³-hybridized carbons (Fsp3) is 0.710. The van der Waals surface area contributed by atoms with Crippen LogP contribution in [0.4, 0.5) is 0 Å². The molecule has 1 aromatic heterocycles. The normalized spacial score (nSPS) is 11.3. The molecule has 0 unspecified atom stereocenters. The van der Waals surface area contributed by atoms with Gasteiger partial charge in [-0.15, -0.1) is 0 Å². The first-order valence-corrected chi connectivity index (χ1v) is 14.5. The van der Waals surface area contributed by atoms with Crippen LogP contribution in [-0.2, 0) is 19.5 Å². The minimum atomic E-state index is 0.997. The van der Waals surface area contributed by atoms with E-state index in [0.29, 0.717) is 0 Å². The van der Waals surface area contributed by atoms with Crippen LogP contribution in [0.3, 0.4) is 0 Å². The summed E-state index contributed by atoms with van der Waals surface area (Å²) in [6.07, 6.45) is 29.7. The van der Waals surface area contributed by atoms with Crippen molar-refractivity contribution in [2.24, 2.45) is 0 Å². The van der Waals surface area contributed by atoms with Crippen LogP contribution in [0, 0.1) is 0 Å². The predicted molar refractivity (Wildman–Crippen MR) is 144 cm³/mol. The molecule has 0 N–H and O–H groups in total. The van der Waals surface area contributed by atoms with Gasteiger partial charge in [-0.2, -0.15) is 0 Å². The highest BCUT2D eigenvalue weighted by molar-refractivity contribution is 5.13. The molecule has 0 amide bonds. The van der Waals surface area contributed by atoms with Crippen molar-refractivity contribution in [3.63, 3.8) is 0 Å². The van der Waals surface area contributed by atoms with Gasteiger partial charge < -0.3 is 0 Å². The molecular formula is C31H53N2+. The summed E-state index contributed by atoms with van der Waals surface area (Å²) in [6.45, 7) is 6.77. The Morgan fingerprint density at radius 3 is 1.70 bits per heavy atom. The molecule has 1 aromatic carbocycles. The van der Waals surface area contributed by atoms with Gasteiger partial charge in [-0.25, -0.2) is 9.13 Å². The SMILES string of the molecule is CCCCCCCCCCCCCCCc1n(CCCCCC)cc[n+]1Cc1ccccc1. The van der Waals surface area contributed by atoms with Crippen LogP contribution in [0.2, 0.25) is 0 Å². The highest BCUT2D eigenvalue weighted by atomic mass is 15.1. The van der Waals surface area contributed by atoms with Crippen molar-refractivity contribution in [1.82, 2.24) is 4.57 Å². The van der Waals surface area contributed by atoms with Crippen LogP contribution in [0.1, 0.15) is 134 Å². The molecule has 0 aliphatic heterocycles. The molecule has 0 aliphatic rings. The van der Waals surface area contributed by atoms with Crippen LogP contribution in [0.5, 0.6) is 0 Å². The Bertz CT molecular complexity index is 688. The largest absolute Gasteiger partial charge is 0.256 e. The molecule has 2 aromatic rings. The molecule has 2 nitrogen and oxygen atoms in total. The zero-order valence-corrected chi connectivity index (χ0v) is 22.1. The standard InChI is InChI=1S/C31H53N2/c1-3-5-7-9-10-11-12-13-14-15-16-17-21-25-31-32(26-22-8-6-4-2)27-28-33(31)29-30-23-19-18-20-24-30/h18-20,23-24,27-28H,3-17,21-22,25-26,29H2,1-2H3/q+1. The lowest BCUT2D eigenvalue weighted by molar-refractivity contribution is -0.695. The van der Waals surface area contributed by atoms with Crippen LogP contribution in [0.15, 0.2) is 42.7 Å². The average Bonchev–Trinajstić information content (AvgIpc) is 3.21. The second kappa shape index (κ2) is 18.8. The first-order valence-electron chi connectivity index (χ1n) is 14.5. The fourth-order valence-corrected chi connectivity index (χ4v) is 4.92. The van der Waals surface area contributed by atoms with Gasteiger partial charge in [-0.3, -0.25) is 0 Å². The van der Waals surface area contributed by atoms with E-state index in [1.165, 1.54) is 134 Å². The fourth-order valence-electron chi connectivity index (χ4n) is 4.92. The molecule has 2 heteroatoms. The van der Waals surface area contributed by atoms with E-state index < -0.39 is 0 Å². The van der Waals surface area contributed by atoms with E-state index in [0.717, 1.165) is 6.54 Å². The van der Waals surface area contributed by atoms with Gasteiger partial charge in [0.15, 0.2) is 0 Å². The Labute approximate surface area is 205 Å². The Balaban J connectivity index is 1.67. The minimum absolute atomic E-state index is 0.997. The maximum atomic E-state index is 2.54. The van der Waals surface area contributed by atoms with Gasteiger partial charge in [-0.05, 0) is 24.8 Å². The van der Waals surface area contributed by atoms with E-state index in [4.69, 9.17) is 0 Å². The molecule has 0 radical (unpaired) electrons. The number of benzene rings is 1. The van der Waals surface area contributed by atoms with Crippen LogP contribution >= 0.6 is 0 Å². The van der Waals surface area contributed by atoms with Crippen LogP contribution in [0.25, 0.3) is 0 Å². The van der Waals surface area contributed by atoms with Gasteiger partial charge in [0.05, 0.1) is 6.54 Å². The molecule has 33 heavy (non-hydrogen) atoms. The third-order valence-corrected chi connectivity index (χ3v) is 7.04. The van der Waals surface area contributed by atoms with Gasteiger partial charge in [-0.1, -0.05) is 134 Å². The topological polar surface area (TPSA) is 8.81 Å². The lowest BCUT2D eigenvalue weighted by Gasteiger charge is -2.07. The number of aryl methyl sites for hydroxylation is 1. The molecule has 0 saturated carbocycles. The molecule has 0 atom stereocenters. The summed E-state index contributed by atoms with van der Waals surface area (Å²) in [5, 5.41) is 0. The number of nitrogens with zero attached hydrogens (tertiary/aromatic N) is 2. The second-order valence-corrected chi connectivity index (χ2v) is 10.1. The zero-order chi connectivity index (χ0) is 23.4. The van der Waals surface area contributed by atoms with E-state index in [-0.39, 0.29) is 0 Å². The monoisotopic (exact) mass is 453 g/mol. The number of aromatic nitrogens is 2. The van der Waals surface area contributed by atoms with Gasteiger partial charge >= 0.3 is 0 Å². The van der Waals surface area contributed by atoms with Crippen molar-refractivity contribution in [2.45, 2.75) is 143 Å². The molecule has 0 fully saturated rings. The van der Waals surface area contributed by atoms with Crippen molar-refractivity contribution in [2.75, 3.05) is 0 Å². The van der Waals surface area contributed by atoms with E-state index in [9.17, 15) is 0 Å². The smallest absolute Gasteiger partial charge is 0.234 e. The van der Waals surface area contributed by atoms with E-state index in [1.807, 2.05) is 0 Å². The first kappa shape index (κ1) is 27.7. The van der Waals surface area contributed by atoms with Gasteiger partial charge in [0.1, 0.15) is 18.9 Å². The number of hydrogen-bond acceptors (Lipinski definition) is 0. The predicted octanol–water partition coefficient (Wildman–Crippen LogP) is 9.04. The van der Waals surface area contributed by atoms with Gasteiger partial charge in [0.25, 0.3) is 5.82 Å². The number of imidazole rings is 1. The molecule has 186 valence electrons. The van der Waals surface area contributed by atoms with Crippen LogP contribution < -0.4 is 4.57 Å². The van der Waals surface area contributed by atoms with Gasteiger partial charge in [0, 0.05) is 6.42 Å². The number of unbranched alkanes of at least 4 members (excludes halogenated alkanes) is 15. The molecule has 1 heterocycles. The van der Waals surface area contributed by atoms with Crippen molar-refractivity contribution in [3.8, 4) is 0 Å². The molecular weight excluding hydrogens is 400 g/mol. The van der Waals surface area contributed by atoms with Crippen molar-refractivity contribution >= 4 is 0 Å². The molecule has 0 aliphatic carbocycles. The summed E-state index contributed by atoms with van der Waals surface area (Å²) in [5.41, 5.74) is 1.40. The maximum Gasteiger partial charge on any atom is 0.256 e. The Morgan fingerprint density at radius 1 is 0.606 bits per heavy atom. The third-order valence-electron chi connectivity index (χ3n) is 7.04. The Morgan fingerprint density at radius 2 is 1.12 bits per heavy atom. The highest BCUT2D eigenvalue weighted by Crippen LogP contribution is 2.14. The zero-order valence-electron chi connectivity index (χ0n) is 22.1. The quantitative estimate of drug-likeness (QED) is 0.132. The van der Waals surface area contributed by atoms with Crippen molar-refractivity contribution in [3.05, 3.63) is 54.1 Å². The summed E-state index contributed by atoms with van der Waals surface area (Å²) in [5.74, 6) is 1.53. The van der Waals surface area contributed by atoms with Crippen molar-refractivity contribution < 1.29 is 4.57 Å². The maximum absolute atomic E-state index is 2.54. The van der Waals surface area contributed by atoms with E-state index in [1.54, 1.807) is 0 Å². The first-order chi connectivity index (χ1) is 16.3. The number of hydrogen-bond donors (Lipinski definition) is 0. The second-order valence-electron chi connectivity index (χ2n) is 10.1.